The number of hydrogen-bond donors (Lipinski definition) is 0. The normalized spacial score (nSPS) is 21.8. The van der Waals surface area contributed by atoms with Gasteiger partial charge in [-0.25, -0.2) is 18.6 Å². The van der Waals surface area contributed by atoms with E-state index in [-0.39, 0.29) is 43.9 Å². The number of likely N-dealkylation sites (tertiary alicyclic amines) is 1. The molecule has 1 aliphatic carbocycles. The van der Waals surface area contributed by atoms with Crippen LogP contribution < -0.4 is 4.74 Å². The van der Waals surface area contributed by atoms with Crippen molar-refractivity contribution >= 4 is 22.0 Å². The van der Waals surface area contributed by atoms with Gasteiger partial charge in [0.05, 0.1) is 12.2 Å². The molecule has 0 radical (unpaired) electrons. The van der Waals surface area contributed by atoms with Gasteiger partial charge in [0.1, 0.15) is 18.3 Å². The quantitative estimate of drug-likeness (QED) is 0.354. The fourth-order valence-corrected chi connectivity index (χ4v) is 4.01. The van der Waals surface area contributed by atoms with Crippen molar-refractivity contribution in [1.29, 1.82) is 0 Å². The smallest absolute Gasteiger partial charge is 0.410 e. The summed E-state index contributed by atoms with van der Waals surface area (Å²) >= 11 is 3.33. The molecule has 1 saturated carbocycles. The van der Waals surface area contributed by atoms with E-state index >= 15 is 0 Å². The monoisotopic (exact) mass is 548 g/mol. The van der Waals surface area contributed by atoms with Crippen LogP contribution in [0.15, 0.2) is 22.8 Å². The second-order valence-corrected chi connectivity index (χ2v) is 10.9. The number of carbonyl (C=O) groups is 1. The predicted molar refractivity (Wildman–Crippen MR) is 126 cm³/mol. The van der Waals surface area contributed by atoms with E-state index in [0.29, 0.717) is 31.8 Å². The molecule has 1 aromatic heterocycles. The lowest BCUT2D eigenvalue weighted by Crippen LogP contribution is -2.44. The Bertz CT molecular complexity index is 777. The summed E-state index contributed by atoms with van der Waals surface area (Å²) in [7, 11) is 0. The zero-order chi connectivity index (χ0) is 24.8. The number of ether oxygens (including phenoxy) is 4. The lowest BCUT2D eigenvalue weighted by atomic mass is 9.92. The lowest BCUT2D eigenvalue weighted by molar-refractivity contribution is -0.119. The molecule has 0 N–H and O–H groups in total. The van der Waals surface area contributed by atoms with Crippen molar-refractivity contribution in [1.82, 2.24) is 9.88 Å². The molecule has 2 aliphatic rings. The minimum absolute atomic E-state index is 0.0421. The summed E-state index contributed by atoms with van der Waals surface area (Å²) in [5, 5.41) is 0. The van der Waals surface area contributed by atoms with Crippen molar-refractivity contribution in [2.75, 3.05) is 26.3 Å². The summed E-state index contributed by atoms with van der Waals surface area (Å²) in [4.78, 5) is 17.9. The maximum atomic E-state index is 14.2. The van der Waals surface area contributed by atoms with Crippen LogP contribution >= 0.6 is 15.9 Å². The third kappa shape index (κ3) is 9.26. The van der Waals surface area contributed by atoms with E-state index in [4.69, 9.17) is 18.9 Å². The van der Waals surface area contributed by atoms with Crippen LogP contribution in [0.1, 0.15) is 59.3 Å². The van der Waals surface area contributed by atoms with Crippen LogP contribution in [0.2, 0.25) is 0 Å². The Morgan fingerprint density at radius 2 is 1.82 bits per heavy atom. The molecule has 0 atom stereocenters. The molecule has 0 spiro atoms. The molecule has 10 heteroatoms. The van der Waals surface area contributed by atoms with Gasteiger partial charge in [-0.2, -0.15) is 0 Å². The maximum absolute atomic E-state index is 14.2. The molecule has 2 heterocycles. The summed E-state index contributed by atoms with van der Waals surface area (Å²) in [6.07, 6.45) is 3.65. The number of halogens is 3. The Balaban J connectivity index is 1.22. The first kappa shape index (κ1) is 27.1. The number of hydrogen-bond acceptors (Lipinski definition) is 6. The average molecular weight is 549 g/mol. The summed E-state index contributed by atoms with van der Waals surface area (Å²) in [5.41, 5.74) is -0.554. The molecule has 1 aromatic rings. The number of pyridine rings is 1. The topological polar surface area (TPSA) is 70.1 Å². The molecule has 3 rings (SSSR count). The molecule has 192 valence electrons. The SMILES string of the molecule is CC(C)(C)OC(=O)N1CCC(OCC(F)(F)CCCOC2CC(Oc3ccc(Br)cn3)C2)CC1. The zero-order valence-corrected chi connectivity index (χ0v) is 21.7. The van der Waals surface area contributed by atoms with Gasteiger partial charge >= 0.3 is 6.09 Å². The van der Waals surface area contributed by atoms with E-state index in [2.05, 4.69) is 20.9 Å². The molecular formula is C24H35BrF2N2O5. The number of amides is 1. The number of piperidine rings is 1. The highest BCUT2D eigenvalue weighted by Crippen LogP contribution is 2.29. The van der Waals surface area contributed by atoms with Crippen molar-refractivity contribution < 1.29 is 32.5 Å². The van der Waals surface area contributed by atoms with Gasteiger partial charge in [-0.3, -0.25) is 0 Å². The van der Waals surface area contributed by atoms with E-state index in [0.717, 1.165) is 17.3 Å². The maximum Gasteiger partial charge on any atom is 0.410 e. The highest BCUT2D eigenvalue weighted by molar-refractivity contribution is 9.10. The van der Waals surface area contributed by atoms with E-state index in [1.54, 1.807) is 17.2 Å². The second kappa shape index (κ2) is 11.9. The molecule has 0 bridgehead atoms. The largest absolute Gasteiger partial charge is 0.474 e. The van der Waals surface area contributed by atoms with Crippen molar-refractivity contribution in [3.63, 3.8) is 0 Å². The first-order valence-corrected chi connectivity index (χ1v) is 12.7. The molecule has 0 unspecified atom stereocenters. The Labute approximate surface area is 208 Å². The molecule has 0 aromatic carbocycles. The second-order valence-electron chi connectivity index (χ2n) is 9.96. The zero-order valence-electron chi connectivity index (χ0n) is 20.1. The van der Waals surface area contributed by atoms with Gasteiger partial charge < -0.3 is 23.8 Å². The summed E-state index contributed by atoms with van der Waals surface area (Å²) in [5.74, 6) is -2.33. The molecular weight excluding hydrogens is 514 g/mol. The fourth-order valence-electron chi connectivity index (χ4n) is 3.78. The fraction of sp³-hybridized carbons (Fsp3) is 0.750. The predicted octanol–water partition coefficient (Wildman–Crippen LogP) is 5.60. The Morgan fingerprint density at radius 1 is 1.12 bits per heavy atom. The van der Waals surface area contributed by atoms with Crippen LogP contribution in [-0.2, 0) is 14.2 Å². The molecule has 34 heavy (non-hydrogen) atoms. The Kier molecular flexibility index (Phi) is 9.51. The van der Waals surface area contributed by atoms with E-state index in [1.807, 2.05) is 26.8 Å². The van der Waals surface area contributed by atoms with Crippen LogP contribution in [0.4, 0.5) is 13.6 Å². The summed E-state index contributed by atoms with van der Waals surface area (Å²) in [6, 6.07) is 3.67. The third-order valence-corrected chi connectivity index (χ3v) is 6.17. The van der Waals surface area contributed by atoms with E-state index in [1.165, 1.54) is 0 Å². The minimum Gasteiger partial charge on any atom is -0.474 e. The summed E-state index contributed by atoms with van der Waals surface area (Å²) in [6.45, 7) is 6.02. The highest BCUT2D eigenvalue weighted by Gasteiger charge is 2.34. The van der Waals surface area contributed by atoms with Crippen LogP contribution in [0.25, 0.3) is 0 Å². The van der Waals surface area contributed by atoms with Gasteiger partial charge in [0.15, 0.2) is 0 Å². The van der Waals surface area contributed by atoms with Gasteiger partial charge in [0.2, 0.25) is 5.88 Å². The van der Waals surface area contributed by atoms with Gasteiger partial charge in [-0.1, -0.05) is 0 Å². The number of alkyl halides is 2. The third-order valence-electron chi connectivity index (χ3n) is 5.70. The van der Waals surface area contributed by atoms with Crippen molar-refractivity contribution in [2.45, 2.75) is 89.1 Å². The van der Waals surface area contributed by atoms with Crippen LogP contribution in [0.5, 0.6) is 5.88 Å². The van der Waals surface area contributed by atoms with Gasteiger partial charge in [0, 0.05) is 55.7 Å². The van der Waals surface area contributed by atoms with Gasteiger partial charge in [-0.15, -0.1) is 0 Å². The number of aromatic nitrogens is 1. The van der Waals surface area contributed by atoms with Gasteiger partial charge in [0.25, 0.3) is 5.92 Å². The number of nitrogens with zero attached hydrogens (tertiary/aromatic N) is 2. The summed E-state index contributed by atoms with van der Waals surface area (Å²) < 4.78 is 51.6. The standard InChI is InChI=1S/C24H35BrF2N2O5/c1-23(2,3)34-22(30)29-10-7-18(8-11-29)32-16-24(26,27)9-4-12-31-19-13-20(14-19)33-21-6-5-17(25)15-28-21/h5-6,15,18-20H,4,7-14,16H2,1-3H3. The average Bonchev–Trinajstić information content (AvgIpc) is 2.73. The first-order valence-electron chi connectivity index (χ1n) is 11.9. The molecule has 1 amide bonds. The number of carbonyl (C=O) groups excluding carboxylic acids is 1. The number of rotatable bonds is 10. The minimum atomic E-state index is -2.90. The lowest BCUT2D eigenvalue weighted by Gasteiger charge is -2.35. The molecule has 7 nitrogen and oxygen atoms in total. The van der Waals surface area contributed by atoms with Crippen molar-refractivity contribution in [3.05, 3.63) is 22.8 Å². The molecule has 1 aliphatic heterocycles. The van der Waals surface area contributed by atoms with Crippen LogP contribution in [-0.4, -0.2) is 72.1 Å². The molecule has 2 fully saturated rings. The van der Waals surface area contributed by atoms with Crippen molar-refractivity contribution in [2.24, 2.45) is 0 Å². The van der Waals surface area contributed by atoms with Crippen LogP contribution in [0.3, 0.4) is 0 Å². The van der Waals surface area contributed by atoms with Crippen molar-refractivity contribution in [3.8, 4) is 5.88 Å². The van der Waals surface area contributed by atoms with E-state index < -0.39 is 18.1 Å². The highest BCUT2D eigenvalue weighted by atomic mass is 79.9. The molecule has 1 saturated heterocycles. The Hall–Kier alpha value is -1.52. The first-order chi connectivity index (χ1) is 16.0. The Morgan fingerprint density at radius 3 is 2.44 bits per heavy atom. The van der Waals surface area contributed by atoms with Crippen LogP contribution in [0, 0.1) is 0 Å². The van der Waals surface area contributed by atoms with Gasteiger partial charge in [-0.05, 0) is 62.0 Å². The van der Waals surface area contributed by atoms with E-state index in [9.17, 15) is 13.6 Å².